The summed E-state index contributed by atoms with van der Waals surface area (Å²) in [7, 11) is 0. The summed E-state index contributed by atoms with van der Waals surface area (Å²) in [6.45, 7) is 0.516. The number of alkyl halides is 1. The summed E-state index contributed by atoms with van der Waals surface area (Å²) in [5.74, 6) is 1.88. The van der Waals surface area contributed by atoms with E-state index < -0.39 is 6.17 Å². The Bertz CT molecular complexity index is 89.1. The maximum absolute atomic E-state index is 12.7. The molecule has 1 fully saturated rings. The highest BCUT2D eigenvalue weighted by Gasteiger charge is 2.22. The van der Waals surface area contributed by atoms with Gasteiger partial charge in [0.25, 0.3) is 0 Å². The van der Waals surface area contributed by atoms with Crippen LogP contribution >= 0.6 is 11.8 Å². The van der Waals surface area contributed by atoms with E-state index >= 15 is 0 Å². The molecule has 2 N–H and O–H groups in total. The molecule has 2 atom stereocenters. The van der Waals surface area contributed by atoms with Crippen molar-refractivity contribution in [2.75, 3.05) is 18.1 Å². The van der Waals surface area contributed by atoms with Gasteiger partial charge in [-0.15, -0.1) is 0 Å². The zero-order valence-corrected chi connectivity index (χ0v) is 6.16. The molecule has 0 amide bonds. The van der Waals surface area contributed by atoms with Crippen molar-refractivity contribution in [1.82, 2.24) is 0 Å². The third kappa shape index (κ3) is 1.83. The Labute approximate surface area is 59.2 Å². The fraction of sp³-hybridized carbons (Fsp3) is 1.00. The fourth-order valence-electron chi connectivity index (χ4n) is 1.01. The van der Waals surface area contributed by atoms with Crippen LogP contribution in [0.15, 0.2) is 0 Å². The lowest BCUT2D eigenvalue weighted by atomic mass is 10.0. The molecule has 0 spiro atoms. The number of nitrogens with two attached hydrogens (primary N) is 1. The van der Waals surface area contributed by atoms with Gasteiger partial charge in [-0.1, -0.05) is 0 Å². The van der Waals surface area contributed by atoms with Gasteiger partial charge in [0, 0.05) is 11.7 Å². The Hall–Kier alpha value is 0.240. The molecule has 9 heavy (non-hydrogen) atoms. The van der Waals surface area contributed by atoms with Gasteiger partial charge < -0.3 is 5.73 Å². The van der Waals surface area contributed by atoms with Crippen LogP contribution in [0.3, 0.4) is 0 Å². The van der Waals surface area contributed by atoms with Crippen molar-refractivity contribution in [3.05, 3.63) is 0 Å². The molecule has 1 aliphatic rings. The Kier molecular flexibility index (Phi) is 2.79. The summed E-state index contributed by atoms with van der Waals surface area (Å²) in [6.07, 6.45) is 0.316. The van der Waals surface area contributed by atoms with Gasteiger partial charge in [0.15, 0.2) is 0 Å². The Morgan fingerprint density at radius 3 is 2.89 bits per heavy atom. The molecule has 0 radical (unpaired) electrons. The predicted molar refractivity (Wildman–Crippen MR) is 39.4 cm³/mol. The van der Waals surface area contributed by atoms with Gasteiger partial charge >= 0.3 is 0 Å². The van der Waals surface area contributed by atoms with Crippen LogP contribution in [0.1, 0.15) is 6.42 Å². The molecule has 1 aliphatic heterocycles. The first kappa shape index (κ1) is 7.35. The van der Waals surface area contributed by atoms with Gasteiger partial charge in [-0.2, -0.15) is 11.8 Å². The molecule has 54 valence electrons. The quantitative estimate of drug-likeness (QED) is 0.602. The van der Waals surface area contributed by atoms with Gasteiger partial charge in [0.05, 0.1) is 0 Å². The van der Waals surface area contributed by atoms with Gasteiger partial charge in [-0.3, -0.25) is 0 Å². The van der Waals surface area contributed by atoms with E-state index in [1.54, 1.807) is 11.8 Å². The number of rotatable bonds is 1. The predicted octanol–water partition coefficient (Wildman–Crippen LogP) is 1.04. The molecule has 0 aromatic carbocycles. The Balaban J connectivity index is 2.30. The van der Waals surface area contributed by atoms with Crippen LogP contribution in [-0.4, -0.2) is 24.2 Å². The third-order valence-electron chi connectivity index (χ3n) is 1.72. The van der Waals surface area contributed by atoms with Crippen LogP contribution in [0.25, 0.3) is 0 Å². The van der Waals surface area contributed by atoms with Crippen LogP contribution in [0.2, 0.25) is 0 Å². The van der Waals surface area contributed by atoms with E-state index in [1.807, 2.05) is 0 Å². The maximum atomic E-state index is 12.7. The van der Waals surface area contributed by atoms with E-state index in [4.69, 9.17) is 5.73 Å². The van der Waals surface area contributed by atoms with E-state index in [9.17, 15) is 4.39 Å². The first-order valence-electron chi connectivity index (χ1n) is 3.26. The molecule has 1 nitrogen and oxygen atoms in total. The summed E-state index contributed by atoms with van der Waals surface area (Å²) in [4.78, 5) is 0. The normalized spacial score (nSPS) is 36.7. The smallest absolute Gasteiger partial charge is 0.113 e. The summed E-state index contributed by atoms with van der Waals surface area (Å²) >= 11 is 1.69. The highest BCUT2D eigenvalue weighted by Crippen LogP contribution is 2.24. The van der Waals surface area contributed by atoms with Gasteiger partial charge in [-0.25, -0.2) is 4.39 Å². The van der Waals surface area contributed by atoms with Crippen molar-refractivity contribution in [1.29, 1.82) is 0 Å². The molecule has 1 rings (SSSR count). The molecular formula is C6H12FNS. The Morgan fingerprint density at radius 2 is 2.44 bits per heavy atom. The maximum Gasteiger partial charge on any atom is 0.113 e. The molecular weight excluding hydrogens is 137 g/mol. The highest BCUT2D eigenvalue weighted by atomic mass is 32.2. The molecule has 3 heteroatoms. The van der Waals surface area contributed by atoms with E-state index in [0.717, 1.165) is 12.2 Å². The minimum atomic E-state index is -0.645. The summed E-state index contributed by atoms with van der Waals surface area (Å²) in [5.41, 5.74) is 5.34. The molecule has 2 unspecified atom stereocenters. The second kappa shape index (κ2) is 3.42. The molecule has 0 aromatic rings. The average Bonchev–Trinajstić information content (AvgIpc) is 1.89. The zero-order chi connectivity index (χ0) is 6.69. The van der Waals surface area contributed by atoms with Crippen LogP contribution in [0.4, 0.5) is 4.39 Å². The molecule has 0 saturated carbocycles. The second-order valence-electron chi connectivity index (χ2n) is 2.38. The van der Waals surface area contributed by atoms with Crippen molar-refractivity contribution in [3.63, 3.8) is 0 Å². The number of halogens is 1. The van der Waals surface area contributed by atoms with Crippen LogP contribution < -0.4 is 5.73 Å². The lowest BCUT2D eigenvalue weighted by Crippen LogP contribution is -2.30. The van der Waals surface area contributed by atoms with Gasteiger partial charge in [0.2, 0.25) is 0 Å². The first-order valence-corrected chi connectivity index (χ1v) is 4.42. The summed E-state index contributed by atoms with van der Waals surface area (Å²) < 4.78 is 12.7. The molecule has 0 aromatic heterocycles. The first-order chi connectivity index (χ1) is 4.34. The van der Waals surface area contributed by atoms with E-state index in [2.05, 4.69) is 0 Å². The molecule has 0 bridgehead atoms. The number of thioether (sulfide) groups is 1. The lowest BCUT2D eigenvalue weighted by molar-refractivity contribution is 0.248. The summed E-state index contributed by atoms with van der Waals surface area (Å²) in [5, 5.41) is 0. The van der Waals surface area contributed by atoms with Crippen LogP contribution in [-0.2, 0) is 0 Å². The second-order valence-corrected chi connectivity index (χ2v) is 3.53. The molecule has 0 aliphatic carbocycles. The van der Waals surface area contributed by atoms with Crippen LogP contribution in [0, 0.1) is 5.92 Å². The fourth-order valence-corrected chi connectivity index (χ4v) is 2.15. The van der Waals surface area contributed by atoms with Crippen molar-refractivity contribution >= 4 is 11.8 Å². The topological polar surface area (TPSA) is 26.0 Å². The van der Waals surface area contributed by atoms with E-state index in [-0.39, 0.29) is 5.92 Å². The van der Waals surface area contributed by atoms with Crippen LogP contribution in [0.5, 0.6) is 0 Å². The number of hydrogen-bond acceptors (Lipinski definition) is 2. The SMILES string of the molecule is NCC1CCSCC1F. The monoisotopic (exact) mass is 149 g/mol. The lowest BCUT2D eigenvalue weighted by Gasteiger charge is -2.23. The molecule has 1 heterocycles. The summed E-state index contributed by atoms with van der Waals surface area (Å²) in [6, 6.07) is 0. The van der Waals surface area contributed by atoms with Crippen molar-refractivity contribution in [3.8, 4) is 0 Å². The van der Waals surface area contributed by atoms with E-state index in [1.165, 1.54) is 0 Å². The van der Waals surface area contributed by atoms with E-state index in [0.29, 0.717) is 12.3 Å². The third-order valence-corrected chi connectivity index (χ3v) is 2.80. The van der Waals surface area contributed by atoms with Crippen molar-refractivity contribution < 1.29 is 4.39 Å². The van der Waals surface area contributed by atoms with Crippen molar-refractivity contribution in [2.24, 2.45) is 11.7 Å². The highest BCUT2D eigenvalue weighted by molar-refractivity contribution is 7.99. The average molecular weight is 149 g/mol. The number of hydrogen-bond donors (Lipinski definition) is 1. The molecule has 1 saturated heterocycles. The van der Waals surface area contributed by atoms with Crippen molar-refractivity contribution in [2.45, 2.75) is 12.6 Å². The minimum absolute atomic E-state index is 0.145. The Morgan fingerprint density at radius 1 is 1.67 bits per heavy atom. The van der Waals surface area contributed by atoms with Gasteiger partial charge in [0.1, 0.15) is 6.17 Å². The zero-order valence-electron chi connectivity index (χ0n) is 5.35. The standard InChI is InChI=1S/C6H12FNS/c7-6-4-9-2-1-5(6)3-8/h5-6H,1-4,8H2. The van der Waals surface area contributed by atoms with Gasteiger partial charge in [-0.05, 0) is 18.7 Å². The minimum Gasteiger partial charge on any atom is -0.330 e. The largest absolute Gasteiger partial charge is 0.330 e.